The summed E-state index contributed by atoms with van der Waals surface area (Å²) in [4.78, 5) is 25.7. The van der Waals surface area contributed by atoms with Gasteiger partial charge in [0.2, 0.25) is 0 Å². The summed E-state index contributed by atoms with van der Waals surface area (Å²) in [6, 6.07) is 0. The van der Waals surface area contributed by atoms with Crippen molar-refractivity contribution in [1.29, 1.82) is 0 Å². The maximum Gasteiger partial charge on any atom is 0.331 e. The Morgan fingerprint density at radius 2 is 1.91 bits per heavy atom. The van der Waals surface area contributed by atoms with Crippen molar-refractivity contribution in [2.24, 2.45) is 34.5 Å². The normalized spacial score (nSPS) is 53.1. The third-order valence-electron chi connectivity index (χ3n) is 9.39. The molecule has 0 unspecified atom stereocenters. The average Bonchev–Trinajstić information content (AvgIpc) is 3.02. The van der Waals surface area contributed by atoms with Gasteiger partial charge < -0.3 is 34.6 Å². The largest absolute Gasteiger partial charge is 0.458 e. The van der Waals surface area contributed by atoms with Gasteiger partial charge in [-0.1, -0.05) is 31.1 Å². The van der Waals surface area contributed by atoms with Crippen LogP contribution < -0.4 is 0 Å². The van der Waals surface area contributed by atoms with Crippen LogP contribution in [0.2, 0.25) is 0 Å². The van der Waals surface area contributed by atoms with Crippen molar-refractivity contribution in [3.63, 3.8) is 0 Å². The van der Waals surface area contributed by atoms with Gasteiger partial charge >= 0.3 is 11.9 Å². The average molecular weight is 479 g/mol. The van der Waals surface area contributed by atoms with Crippen LogP contribution in [0.3, 0.4) is 0 Å². The second-order valence-corrected chi connectivity index (χ2v) is 11.4. The maximum absolute atomic E-state index is 12.8. The molecule has 2 saturated carbocycles. The molecule has 1 spiro atoms. The highest BCUT2D eigenvalue weighted by Crippen LogP contribution is 2.74. The first-order chi connectivity index (χ1) is 15.8. The fourth-order valence-corrected chi connectivity index (χ4v) is 8.34. The van der Waals surface area contributed by atoms with Gasteiger partial charge in [-0.05, 0) is 32.6 Å². The van der Waals surface area contributed by atoms with E-state index in [1.54, 1.807) is 34.6 Å². The van der Waals surface area contributed by atoms with Gasteiger partial charge in [0.15, 0.2) is 5.79 Å². The minimum Gasteiger partial charge on any atom is -0.458 e. The highest BCUT2D eigenvalue weighted by atomic mass is 16.7. The summed E-state index contributed by atoms with van der Waals surface area (Å²) >= 11 is 0. The van der Waals surface area contributed by atoms with E-state index in [1.807, 2.05) is 0 Å². The molecule has 4 fully saturated rings. The number of carbonyl (C=O) groups is 2. The molecule has 0 aromatic heterocycles. The van der Waals surface area contributed by atoms with Crippen LogP contribution in [-0.2, 0) is 23.8 Å². The van der Waals surface area contributed by atoms with Gasteiger partial charge in [0, 0.05) is 35.2 Å². The van der Waals surface area contributed by atoms with Crippen molar-refractivity contribution < 1.29 is 44.2 Å². The zero-order chi connectivity index (χ0) is 25.0. The molecule has 0 aromatic carbocycles. The van der Waals surface area contributed by atoms with Gasteiger partial charge in [0.1, 0.15) is 18.3 Å². The van der Waals surface area contributed by atoms with Crippen molar-refractivity contribution in [3.8, 4) is 0 Å². The summed E-state index contributed by atoms with van der Waals surface area (Å²) in [5, 5.41) is 45.2. The second kappa shape index (κ2) is 7.36. The monoisotopic (exact) mass is 478 g/mol. The van der Waals surface area contributed by atoms with E-state index < -0.39 is 82.7 Å². The first kappa shape index (κ1) is 23.9. The number of allylic oxidation sites excluding steroid dienone is 1. The Bertz CT molecular complexity index is 985. The van der Waals surface area contributed by atoms with Crippen LogP contribution in [0, 0.1) is 34.5 Å². The number of aliphatic hydroxyl groups is 4. The Kier molecular flexibility index (Phi) is 5.19. The molecule has 9 nitrogen and oxygen atoms in total. The van der Waals surface area contributed by atoms with E-state index in [0.29, 0.717) is 5.57 Å². The van der Waals surface area contributed by atoms with E-state index >= 15 is 0 Å². The van der Waals surface area contributed by atoms with E-state index in [0.717, 1.165) is 5.57 Å². The Morgan fingerprint density at radius 3 is 2.56 bits per heavy atom. The molecule has 5 aliphatic rings. The van der Waals surface area contributed by atoms with Crippen molar-refractivity contribution in [3.05, 3.63) is 23.3 Å². The predicted octanol–water partition coefficient (Wildman–Crippen LogP) is 0.446. The lowest BCUT2D eigenvalue weighted by Gasteiger charge is -2.69. The highest BCUT2D eigenvalue weighted by Gasteiger charge is 2.84. The quantitative estimate of drug-likeness (QED) is 0.253. The molecule has 9 heteroatoms. The standard InChI is InChI=1S/C25H34O9/c1-10(2)6-15(27)33-18-17-11(3)7-14(26)20(30)23(17,5)22-24-9-32-25(22,31)19(29)12(4)13(24)8-16(28)34-21(18)24/h6-7,12-14,17-22,26,29-31H,8-9H2,1-5H3/t12-,13+,14+,17-,18-,19-,20+,21-,22-,23-,24-,25-/m1/s1. The van der Waals surface area contributed by atoms with Crippen molar-refractivity contribution in [2.75, 3.05) is 6.61 Å². The second-order valence-electron chi connectivity index (χ2n) is 11.4. The minimum absolute atomic E-state index is 0.00746. The van der Waals surface area contributed by atoms with Gasteiger partial charge in [-0.15, -0.1) is 0 Å². The molecule has 188 valence electrons. The van der Waals surface area contributed by atoms with Gasteiger partial charge in [-0.2, -0.15) is 0 Å². The first-order valence-electron chi connectivity index (χ1n) is 11.9. The first-order valence-corrected chi connectivity index (χ1v) is 11.9. The van der Waals surface area contributed by atoms with Gasteiger partial charge in [0.05, 0.1) is 18.8 Å². The SMILES string of the molecule is CC(C)=CC(=O)O[C@@H]1[C@H]2C(C)=C[C@H](O)[C@H](O)[C@]2(C)[C@H]2[C@]3(O)OC[C@@]24[C@@H]1OC(=O)C[C@H]4[C@@H](C)[C@H]3O. The van der Waals surface area contributed by atoms with E-state index in [2.05, 4.69) is 0 Å². The smallest absolute Gasteiger partial charge is 0.331 e. The van der Waals surface area contributed by atoms with Crippen molar-refractivity contribution in [2.45, 2.75) is 77.3 Å². The number of aliphatic hydroxyl groups excluding tert-OH is 3. The van der Waals surface area contributed by atoms with E-state index in [9.17, 15) is 30.0 Å². The molecular formula is C25H34O9. The number of rotatable bonds is 2. The zero-order valence-electron chi connectivity index (χ0n) is 20.1. The molecule has 2 saturated heterocycles. The molecule has 34 heavy (non-hydrogen) atoms. The molecule has 3 aliphatic carbocycles. The summed E-state index contributed by atoms with van der Waals surface area (Å²) in [6.45, 7) is 8.75. The van der Waals surface area contributed by atoms with E-state index in [4.69, 9.17) is 14.2 Å². The van der Waals surface area contributed by atoms with Gasteiger partial charge in [-0.25, -0.2) is 4.79 Å². The number of hydrogen-bond donors (Lipinski definition) is 4. The summed E-state index contributed by atoms with van der Waals surface area (Å²) in [6.07, 6.45) is -2.96. The maximum atomic E-state index is 12.8. The summed E-state index contributed by atoms with van der Waals surface area (Å²) in [5.41, 5.74) is -0.920. The third-order valence-corrected chi connectivity index (χ3v) is 9.39. The summed E-state index contributed by atoms with van der Waals surface area (Å²) < 4.78 is 17.9. The molecule has 2 heterocycles. The van der Waals surface area contributed by atoms with Crippen LogP contribution in [0.5, 0.6) is 0 Å². The highest BCUT2D eigenvalue weighted by molar-refractivity contribution is 5.83. The Hall–Kier alpha value is -1.78. The molecule has 2 aliphatic heterocycles. The number of hydrogen-bond acceptors (Lipinski definition) is 9. The van der Waals surface area contributed by atoms with Crippen LogP contribution in [0.1, 0.15) is 41.0 Å². The minimum atomic E-state index is -2.03. The molecule has 5 rings (SSSR count). The Labute approximate surface area is 198 Å². The zero-order valence-corrected chi connectivity index (χ0v) is 20.1. The topological polar surface area (TPSA) is 143 Å². The summed E-state index contributed by atoms with van der Waals surface area (Å²) in [5.74, 6) is -5.66. The van der Waals surface area contributed by atoms with Crippen molar-refractivity contribution >= 4 is 11.9 Å². The lowest BCUT2D eigenvalue weighted by molar-refractivity contribution is -0.350. The molecule has 0 aromatic rings. The van der Waals surface area contributed by atoms with Crippen LogP contribution in [0.25, 0.3) is 0 Å². The molecule has 4 N–H and O–H groups in total. The number of fused-ring (bicyclic) bond motifs is 1. The number of carbonyl (C=O) groups excluding carboxylic acids is 2. The predicted molar refractivity (Wildman–Crippen MR) is 117 cm³/mol. The van der Waals surface area contributed by atoms with Gasteiger partial charge in [-0.3, -0.25) is 4.79 Å². The lowest BCUT2D eigenvalue weighted by Crippen LogP contribution is -2.79. The van der Waals surface area contributed by atoms with Crippen LogP contribution in [0.4, 0.5) is 0 Å². The lowest BCUT2D eigenvalue weighted by atomic mass is 9.37. The molecule has 0 radical (unpaired) electrons. The number of ether oxygens (including phenoxy) is 3. The van der Waals surface area contributed by atoms with Crippen LogP contribution >= 0.6 is 0 Å². The summed E-state index contributed by atoms with van der Waals surface area (Å²) in [7, 11) is 0. The van der Waals surface area contributed by atoms with Crippen LogP contribution in [0.15, 0.2) is 23.3 Å². The Balaban J connectivity index is 1.77. The fourth-order valence-electron chi connectivity index (χ4n) is 8.34. The van der Waals surface area contributed by atoms with E-state index in [-0.39, 0.29) is 13.0 Å². The number of esters is 2. The van der Waals surface area contributed by atoms with E-state index in [1.165, 1.54) is 12.2 Å². The van der Waals surface area contributed by atoms with Gasteiger partial charge in [0.25, 0.3) is 0 Å². The molecule has 0 amide bonds. The molecule has 2 bridgehead atoms. The Morgan fingerprint density at radius 1 is 1.24 bits per heavy atom. The molecule has 12 atom stereocenters. The molecular weight excluding hydrogens is 444 g/mol. The third kappa shape index (κ3) is 2.73. The fraction of sp³-hybridized carbons (Fsp3) is 0.760. The van der Waals surface area contributed by atoms with Crippen LogP contribution in [-0.4, -0.2) is 75.3 Å². The van der Waals surface area contributed by atoms with Crippen molar-refractivity contribution in [1.82, 2.24) is 0 Å².